The Morgan fingerprint density at radius 1 is 1.50 bits per heavy atom. The molecule has 1 aromatic heterocycles. The van der Waals surface area contributed by atoms with Gasteiger partial charge in [-0.1, -0.05) is 16.7 Å². The summed E-state index contributed by atoms with van der Waals surface area (Å²) in [5.74, 6) is -0.931. The summed E-state index contributed by atoms with van der Waals surface area (Å²) in [5, 5.41) is 7.67. The molecule has 1 aromatic carbocycles. The van der Waals surface area contributed by atoms with Crippen molar-refractivity contribution in [2.24, 2.45) is 5.73 Å². The standard InChI is InChI=1S/C10H7FN4OS2/c11-5-1-2-7(6(3-5)9(12)17)13-10(16)8-4-18-15-14-8/h1-4H,(H2,12,17)(H,13,16). The summed E-state index contributed by atoms with van der Waals surface area (Å²) in [5.41, 5.74) is 6.24. The lowest BCUT2D eigenvalue weighted by atomic mass is 10.1. The molecule has 1 heterocycles. The minimum Gasteiger partial charge on any atom is -0.389 e. The number of carbonyl (C=O) groups excluding carboxylic acids is 1. The number of thiocarbonyl (C=S) groups is 1. The molecule has 0 atom stereocenters. The summed E-state index contributed by atoms with van der Waals surface area (Å²) in [6.07, 6.45) is 0. The Morgan fingerprint density at radius 2 is 2.28 bits per heavy atom. The van der Waals surface area contributed by atoms with Crippen LogP contribution in [0, 0.1) is 5.82 Å². The van der Waals surface area contributed by atoms with Crippen LogP contribution in [0.3, 0.4) is 0 Å². The van der Waals surface area contributed by atoms with Gasteiger partial charge in [0.2, 0.25) is 0 Å². The molecule has 92 valence electrons. The van der Waals surface area contributed by atoms with Crippen molar-refractivity contribution in [3.8, 4) is 0 Å². The molecule has 0 bridgehead atoms. The zero-order chi connectivity index (χ0) is 13.1. The molecular weight excluding hydrogens is 275 g/mol. The Hall–Kier alpha value is -1.93. The van der Waals surface area contributed by atoms with E-state index in [0.29, 0.717) is 5.69 Å². The first kappa shape index (κ1) is 12.5. The average molecular weight is 282 g/mol. The SMILES string of the molecule is NC(=S)c1cc(F)ccc1NC(=O)c1csnn1. The van der Waals surface area contributed by atoms with Gasteiger partial charge in [-0.3, -0.25) is 4.79 Å². The maximum Gasteiger partial charge on any atom is 0.277 e. The highest BCUT2D eigenvalue weighted by Crippen LogP contribution is 2.17. The molecule has 8 heteroatoms. The maximum absolute atomic E-state index is 13.1. The predicted molar refractivity (Wildman–Crippen MR) is 70.1 cm³/mol. The molecule has 5 nitrogen and oxygen atoms in total. The molecule has 0 saturated heterocycles. The van der Waals surface area contributed by atoms with E-state index in [9.17, 15) is 9.18 Å². The monoisotopic (exact) mass is 282 g/mol. The lowest BCUT2D eigenvalue weighted by molar-refractivity contribution is 0.102. The van der Waals surface area contributed by atoms with Crippen molar-refractivity contribution in [3.63, 3.8) is 0 Å². The van der Waals surface area contributed by atoms with Crippen molar-refractivity contribution >= 4 is 40.3 Å². The molecule has 2 rings (SSSR count). The van der Waals surface area contributed by atoms with Gasteiger partial charge in [-0.15, -0.1) is 5.10 Å². The number of halogens is 1. The maximum atomic E-state index is 13.1. The third kappa shape index (κ3) is 2.66. The van der Waals surface area contributed by atoms with Crippen LogP contribution in [0.2, 0.25) is 0 Å². The summed E-state index contributed by atoms with van der Waals surface area (Å²) in [7, 11) is 0. The number of nitrogens with one attached hydrogen (secondary N) is 1. The van der Waals surface area contributed by atoms with Crippen molar-refractivity contribution in [3.05, 3.63) is 40.7 Å². The van der Waals surface area contributed by atoms with Gasteiger partial charge in [0.15, 0.2) is 5.69 Å². The third-order valence-electron chi connectivity index (χ3n) is 2.09. The minimum absolute atomic E-state index is 0.00111. The van der Waals surface area contributed by atoms with Crippen LogP contribution in [0.1, 0.15) is 16.1 Å². The fourth-order valence-electron chi connectivity index (χ4n) is 1.28. The van der Waals surface area contributed by atoms with Crippen molar-refractivity contribution in [1.82, 2.24) is 9.59 Å². The molecule has 3 N–H and O–H groups in total. The van der Waals surface area contributed by atoms with Gasteiger partial charge in [0, 0.05) is 10.9 Å². The number of nitrogens with zero attached hydrogens (tertiary/aromatic N) is 2. The van der Waals surface area contributed by atoms with Gasteiger partial charge >= 0.3 is 0 Å². The average Bonchev–Trinajstić information content (AvgIpc) is 2.84. The lowest BCUT2D eigenvalue weighted by Crippen LogP contribution is -2.18. The Labute approximate surface area is 111 Å². The van der Waals surface area contributed by atoms with E-state index < -0.39 is 11.7 Å². The van der Waals surface area contributed by atoms with Crippen molar-refractivity contribution in [1.29, 1.82) is 0 Å². The Kier molecular flexibility index (Phi) is 3.58. The van der Waals surface area contributed by atoms with Crippen LogP contribution >= 0.6 is 23.8 Å². The zero-order valence-electron chi connectivity index (χ0n) is 8.88. The van der Waals surface area contributed by atoms with E-state index >= 15 is 0 Å². The van der Waals surface area contributed by atoms with E-state index in [1.165, 1.54) is 17.5 Å². The van der Waals surface area contributed by atoms with E-state index in [1.807, 2.05) is 0 Å². The molecule has 0 fully saturated rings. The minimum atomic E-state index is -0.480. The molecule has 18 heavy (non-hydrogen) atoms. The summed E-state index contributed by atoms with van der Waals surface area (Å²) in [4.78, 5) is 11.8. The number of benzene rings is 1. The molecule has 0 aliphatic heterocycles. The fraction of sp³-hybridized carbons (Fsp3) is 0. The number of amides is 1. The van der Waals surface area contributed by atoms with Crippen LogP contribution in [0.5, 0.6) is 0 Å². The molecule has 1 amide bonds. The first-order valence-electron chi connectivity index (χ1n) is 4.75. The highest BCUT2D eigenvalue weighted by atomic mass is 32.1. The number of hydrogen-bond donors (Lipinski definition) is 2. The lowest BCUT2D eigenvalue weighted by Gasteiger charge is -2.08. The van der Waals surface area contributed by atoms with Crippen LogP contribution in [0.4, 0.5) is 10.1 Å². The van der Waals surface area contributed by atoms with Crippen LogP contribution in [-0.2, 0) is 0 Å². The normalized spacial score (nSPS) is 10.1. The van der Waals surface area contributed by atoms with E-state index in [4.69, 9.17) is 18.0 Å². The second-order valence-electron chi connectivity index (χ2n) is 3.30. The molecule has 0 aliphatic rings. The summed E-state index contributed by atoms with van der Waals surface area (Å²) in [6.45, 7) is 0. The quantitative estimate of drug-likeness (QED) is 0.835. The number of hydrogen-bond acceptors (Lipinski definition) is 5. The molecule has 2 aromatic rings. The number of rotatable bonds is 3. The summed E-state index contributed by atoms with van der Waals surface area (Å²) >= 11 is 5.85. The Balaban J connectivity index is 2.29. The van der Waals surface area contributed by atoms with E-state index in [0.717, 1.165) is 17.6 Å². The van der Waals surface area contributed by atoms with Gasteiger partial charge in [-0.2, -0.15) is 0 Å². The predicted octanol–water partition coefficient (Wildman–Crippen LogP) is 1.56. The highest BCUT2D eigenvalue weighted by molar-refractivity contribution is 7.80. The third-order valence-corrected chi connectivity index (χ3v) is 2.81. The van der Waals surface area contributed by atoms with Crippen LogP contribution in [-0.4, -0.2) is 20.5 Å². The smallest absolute Gasteiger partial charge is 0.277 e. The first-order valence-corrected chi connectivity index (χ1v) is 6.00. The molecule has 0 unspecified atom stereocenters. The van der Waals surface area contributed by atoms with Gasteiger partial charge in [-0.05, 0) is 29.7 Å². The van der Waals surface area contributed by atoms with Crippen molar-refractivity contribution in [2.75, 3.05) is 5.32 Å². The largest absolute Gasteiger partial charge is 0.389 e. The van der Waals surface area contributed by atoms with Gasteiger partial charge in [0.05, 0.1) is 5.69 Å². The second-order valence-corrected chi connectivity index (χ2v) is 4.35. The van der Waals surface area contributed by atoms with Crippen molar-refractivity contribution in [2.45, 2.75) is 0 Å². The molecule has 0 spiro atoms. The van der Waals surface area contributed by atoms with E-state index in [2.05, 4.69) is 14.9 Å². The van der Waals surface area contributed by atoms with Crippen LogP contribution < -0.4 is 11.1 Å². The number of carbonyl (C=O) groups is 1. The summed E-state index contributed by atoms with van der Waals surface area (Å²) < 4.78 is 16.6. The first-order chi connectivity index (χ1) is 8.58. The summed E-state index contributed by atoms with van der Waals surface area (Å²) in [6, 6.07) is 3.76. The fourth-order valence-corrected chi connectivity index (χ4v) is 1.88. The molecular formula is C10H7FN4OS2. The molecule has 0 aliphatic carbocycles. The van der Waals surface area contributed by atoms with Crippen LogP contribution in [0.25, 0.3) is 0 Å². The van der Waals surface area contributed by atoms with E-state index in [1.54, 1.807) is 0 Å². The molecule has 0 radical (unpaired) electrons. The second kappa shape index (κ2) is 5.15. The Bertz CT molecular complexity index is 600. The van der Waals surface area contributed by atoms with Gasteiger partial charge in [0.1, 0.15) is 10.8 Å². The zero-order valence-corrected chi connectivity index (χ0v) is 10.5. The number of nitrogens with two attached hydrogens (primary N) is 1. The Morgan fingerprint density at radius 3 is 2.89 bits per heavy atom. The van der Waals surface area contributed by atoms with Gasteiger partial charge < -0.3 is 11.1 Å². The van der Waals surface area contributed by atoms with Gasteiger partial charge in [0.25, 0.3) is 5.91 Å². The van der Waals surface area contributed by atoms with E-state index in [-0.39, 0.29) is 16.2 Å². The molecule has 0 saturated carbocycles. The van der Waals surface area contributed by atoms with Crippen LogP contribution in [0.15, 0.2) is 23.6 Å². The number of aromatic nitrogens is 2. The van der Waals surface area contributed by atoms with Crippen molar-refractivity contribution < 1.29 is 9.18 Å². The number of anilines is 1. The topological polar surface area (TPSA) is 80.9 Å². The van der Waals surface area contributed by atoms with Gasteiger partial charge in [-0.25, -0.2) is 4.39 Å². The highest BCUT2D eigenvalue weighted by Gasteiger charge is 2.13.